The lowest BCUT2D eigenvalue weighted by molar-refractivity contribution is 0.0994. The third-order valence-corrected chi connectivity index (χ3v) is 2.99. The number of rotatable bonds is 3. The molecule has 0 fully saturated rings. The largest absolute Gasteiger partial charge is 0.486 e. The first-order chi connectivity index (χ1) is 8.83. The van der Waals surface area contributed by atoms with Crippen molar-refractivity contribution in [3.63, 3.8) is 0 Å². The maximum atomic E-state index is 11.5. The van der Waals surface area contributed by atoms with E-state index in [1.165, 1.54) is 0 Å². The van der Waals surface area contributed by atoms with Gasteiger partial charge < -0.3 is 4.74 Å². The number of carbonyl (C=O) groups excluding carboxylic acids is 1. The topological polar surface area (TPSA) is 52.1 Å². The number of fused-ring (bicyclic) bond motifs is 1. The van der Waals surface area contributed by atoms with Crippen LogP contribution in [0.4, 0.5) is 0 Å². The third kappa shape index (κ3) is 2.09. The maximum absolute atomic E-state index is 11.5. The number of ether oxygens (including phenoxy) is 1. The van der Waals surface area contributed by atoms with Gasteiger partial charge in [0.05, 0.1) is 0 Å². The normalized spacial score (nSPS) is 13.4. The van der Waals surface area contributed by atoms with Gasteiger partial charge in [-0.15, -0.1) is 0 Å². The van der Waals surface area contributed by atoms with E-state index in [0.29, 0.717) is 18.9 Å². The minimum absolute atomic E-state index is 0.225. The molecule has 0 amide bonds. The van der Waals surface area contributed by atoms with Crippen LogP contribution in [-0.4, -0.2) is 15.8 Å². The van der Waals surface area contributed by atoms with Gasteiger partial charge >= 0.3 is 0 Å². The molecule has 1 aromatic carbocycles. The highest BCUT2D eigenvalue weighted by Gasteiger charge is 2.19. The van der Waals surface area contributed by atoms with E-state index in [2.05, 4.69) is 9.97 Å². The van der Waals surface area contributed by atoms with Gasteiger partial charge in [-0.2, -0.15) is 0 Å². The van der Waals surface area contributed by atoms with Gasteiger partial charge in [0.2, 0.25) is 0 Å². The fourth-order valence-corrected chi connectivity index (χ4v) is 2.07. The first-order valence-corrected chi connectivity index (χ1v) is 5.88. The summed E-state index contributed by atoms with van der Waals surface area (Å²) in [6, 6.07) is 7.37. The van der Waals surface area contributed by atoms with E-state index in [1.54, 1.807) is 18.5 Å². The second kappa shape index (κ2) is 4.56. The fraction of sp³-hybridized carbons (Fsp3) is 0.214. The zero-order chi connectivity index (χ0) is 12.4. The molecule has 0 aliphatic heterocycles. The van der Waals surface area contributed by atoms with Crippen LogP contribution in [0.1, 0.15) is 28.2 Å². The van der Waals surface area contributed by atoms with E-state index in [-0.39, 0.29) is 5.78 Å². The van der Waals surface area contributed by atoms with Gasteiger partial charge in [-0.3, -0.25) is 4.79 Å². The molecule has 4 heteroatoms. The molecule has 0 radical (unpaired) electrons. The number of ketones is 1. The Labute approximate surface area is 105 Å². The monoisotopic (exact) mass is 240 g/mol. The van der Waals surface area contributed by atoms with Gasteiger partial charge in [0.25, 0.3) is 0 Å². The molecule has 0 bridgehead atoms. The van der Waals surface area contributed by atoms with Crippen LogP contribution in [0.2, 0.25) is 0 Å². The SMILES string of the molecule is O=C1CCc2cc(OCc3ncccn3)ccc21. The molecular weight excluding hydrogens is 228 g/mol. The van der Waals surface area contributed by atoms with Crippen LogP contribution in [0.15, 0.2) is 36.7 Å². The maximum Gasteiger partial charge on any atom is 0.166 e. The van der Waals surface area contributed by atoms with Gasteiger partial charge in [0.1, 0.15) is 12.4 Å². The van der Waals surface area contributed by atoms with Crippen LogP contribution in [0, 0.1) is 0 Å². The highest BCUT2D eigenvalue weighted by Crippen LogP contribution is 2.26. The zero-order valence-electron chi connectivity index (χ0n) is 9.80. The molecule has 0 saturated heterocycles. The summed E-state index contributed by atoms with van der Waals surface area (Å²) in [5, 5.41) is 0. The van der Waals surface area contributed by atoms with Crippen molar-refractivity contribution in [3.05, 3.63) is 53.6 Å². The Morgan fingerprint density at radius 2 is 2.00 bits per heavy atom. The Morgan fingerprint density at radius 3 is 2.83 bits per heavy atom. The van der Waals surface area contributed by atoms with Crippen molar-refractivity contribution in [1.82, 2.24) is 9.97 Å². The molecule has 1 heterocycles. The Morgan fingerprint density at radius 1 is 1.17 bits per heavy atom. The van der Waals surface area contributed by atoms with Crippen molar-refractivity contribution >= 4 is 5.78 Å². The molecule has 1 aliphatic rings. The molecule has 18 heavy (non-hydrogen) atoms. The van der Waals surface area contributed by atoms with Crippen LogP contribution in [-0.2, 0) is 13.0 Å². The average Bonchev–Trinajstić information content (AvgIpc) is 2.79. The van der Waals surface area contributed by atoms with E-state index >= 15 is 0 Å². The Hall–Kier alpha value is -2.23. The lowest BCUT2D eigenvalue weighted by atomic mass is 10.1. The summed E-state index contributed by atoms with van der Waals surface area (Å²) < 4.78 is 5.62. The molecule has 3 rings (SSSR count). The summed E-state index contributed by atoms with van der Waals surface area (Å²) >= 11 is 0. The third-order valence-electron chi connectivity index (χ3n) is 2.99. The second-order valence-corrected chi connectivity index (χ2v) is 4.20. The summed E-state index contributed by atoms with van der Waals surface area (Å²) in [6.45, 7) is 0.341. The van der Waals surface area contributed by atoms with E-state index < -0.39 is 0 Å². The number of hydrogen-bond donors (Lipinski definition) is 0. The van der Waals surface area contributed by atoms with Gasteiger partial charge in [-0.05, 0) is 36.2 Å². The second-order valence-electron chi connectivity index (χ2n) is 4.20. The fourth-order valence-electron chi connectivity index (χ4n) is 2.07. The number of carbonyl (C=O) groups is 1. The van der Waals surface area contributed by atoms with Gasteiger partial charge in [0, 0.05) is 24.4 Å². The highest BCUT2D eigenvalue weighted by atomic mass is 16.5. The van der Waals surface area contributed by atoms with Crippen molar-refractivity contribution in [2.24, 2.45) is 0 Å². The van der Waals surface area contributed by atoms with Crippen LogP contribution in [0.25, 0.3) is 0 Å². The number of aryl methyl sites for hydroxylation is 1. The number of benzene rings is 1. The number of nitrogens with zero attached hydrogens (tertiary/aromatic N) is 2. The van der Waals surface area contributed by atoms with E-state index in [1.807, 2.05) is 18.2 Å². The molecular formula is C14H12N2O2. The number of Topliss-reactive ketones (excluding diaryl/α,β-unsaturated/α-hetero) is 1. The van der Waals surface area contributed by atoms with Gasteiger partial charge in [-0.1, -0.05) is 0 Å². The molecule has 0 atom stereocenters. The van der Waals surface area contributed by atoms with Crippen molar-refractivity contribution in [3.8, 4) is 5.75 Å². The van der Waals surface area contributed by atoms with Gasteiger partial charge in [-0.25, -0.2) is 9.97 Å². The van der Waals surface area contributed by atoms with Crippen LogP contribution < -0.4 is 4.74 Å². The van der Waals surface area contributed by atoms with E-state index in [9.17, 15) is 4.79 Å². The van der Waals surface area contributed by atoms with Crippen molar-refractivity contribution in [2.75, 3.05) is 0 Å². The van der Waals surface area contributed by atoms with Crippen LogP contribution >= 0.6 is 0 Å². The molecule has 0 unspecified atom stereocenters. The molecule has 0 spiro atoms. The molecule has 0 saturated carbocycles. The van der Waals surface area contributed by atoms with E-state index in [4.69, 9.17) is 4.74 Å². The first kappa shape index (κ1) is 10.9. The van der Waals surface area contributed by atoms with Crippen molar-refractivity contribution in [1.29, 1.82) is 0 Å². The lowest BCUT2D eigenvalue weighted by Gasteiger charge is -2.06. The molecule has 1 aliphatic carbocycles. The van der Waals surface area contributed by atoms with Crippen LogP contribution in [0.3, 0.4) is 0 Å². The number of hydrogen-bond acceptors (Lipinski definition) is 4. The van der Waals surface area contributed by atoms with Crippen molar-refractivity contribution < 1.29 is 9.53 Å². The quantitative estimate of drug-likeness (QED) is 0.825. The molecule has 1 aromatic heterocycles. The van der Waals surface area contributed by atoms with E-state index in [0.717, 1.165) is 23.3 Å². The Kier molecular flexibility index (Phi) is 2.76. The summed E-state index contributed by atoms with van der Waals surface area (Å²) in [7, 11) is 0. The smallest absolute Gasteiger partial charge is 0.166 e. The predicted molar refractivity (Wildman–Crippen MR) is 65.5 cm³/mol. The number of aromatic nitrogens is 2. The summed E-state index contributed by atoms with van der Waals surface area (Å²) in [5.41, 5.74) is 1.91. The summed E-state index contributed by atoms with van der Waals surface area (Å²) in [4.78, 5) is 19.7. The molecule has 0 N–H and O–H groups in total. The minimum atomic E-state index is 0.225. The predicted octanol–water partition coefficient (Wildman–Crippen LogP) is 2.18. The van der Waals surface area contributed by atoms with Crippen LogP contribution in [0.5, 0.6) is 5.75 Å². The lowest BCUT2D eigenvalue weighted by Crippen LogP contribution is -2.01. The summed E-state index contributed by atoms with van der Waals surface area (Å²) in [6.07, 6.45) is 4.80. The molecule has 4 nitrogen and oxygen atoms in total. The standard InChI is InChI=1S/C14H12N2O2/c17-13-5-2-10-8-11(3-4-12(10)13)18-9-14-15-6-1-7-16-14/h1,3-4,6-8H,2,5,9H2. The Bertz CT molecular complexity index is 582. The Balaban J connectivity index is 1.73. The molecule has 2 aromatic rings. The average molecular weight is 240 g/mol. The summed E-state index contributed by atoms with van der Waals surface area (Å²) in [5.74, 6) is 1.63. The minimum Gasteiger partial charge on any atom is -0.486 e. The zero-order valence-corrected chi connectivity index (χ0v) is 9.80. The highest BCUT2D eigenvalue weighted by molar-refractivity contribution is 6.00. The first-order valence-electron chi connectivity index (χ1n) is 5.88. The molecule has 90 valence electrons. The van der Waals surface area contributed by atoms with Gasteiger partial charge in [0.15, 0.2) is 11.6 Å². The van der Waals surface area contributed by atoms with Crippen molar-refractivity contribution in [2.45, 2.75) is 19.4 Å².